The van der Waals surface area contributed by atoms with Crippen LogP contribution in [-0.2, 0) is 16.4 Å². The second-order valence-corrected chi connectivity index (χ2v) is 10.4. The number of hydrogen-bond donors (Lipinski definition) is 2. The summed E-state index contributed by atoms with van der Waals surface area (Å²) in [4.78, 5) is 12.3. The number of ether oxygens (including phenoxy) is 1. The maximum absolute atomic E-state index is 15.0. The molecule has 0 heterocycles. The lowest BCUT2D eigenvalue weighted by atomic mass is 10.00. The Hall–Kier alpha value is -3.10. The summed E-state index contributed by atoms with van der Waals surface area (Å²) in [6.45, 7) is 5.49. The van der Waals surface area contributed by atoms with Gasteiger partial charge >= 0.3 is 0 Å². The molecule has 186 valence electrons. The average molecular weight is 519 g/mol. The lowest BCUT2D eigenvalue weighted by molar-refractivity contribution is 0.0943. The van der Waals surface area contributed by atoms with Crippen molar-refractivity contribution in [2.45, 2.75) is 44.6 Å². The van der Waals surface area contributed by atoms with Crippen LogP contribution in [0, 0.1) is 5.82 Å². The predicted molar refractivity (Wildman–Crippen MR) is 137 cm³/mol. The van der Waals surface area contributed by atoms with Gasteiger partial charge in [-0.15, -0.1) is 0 Å². The number of nitrogens with one attached hydrogen (secondary N) is 2. The summed E-state index contributed by atoms with van der Waals surface area (Å²) in [6.07, 6.45) is 1.14. The third-order valence-electron chi connectivity index (χ3n) is 5.23. The first kappa shape index (κ1) is 26.5. The summed E-state index contributed by atoms with van der Waals surface area (Å²) in [7, 11) is -2.98. The molecule has 3 rings (SSSR count). The van der Waals surface area contributed by atoms with Crippen molar-refractivity contribution in [2.24, 2.45) is 0 Å². The second kappa shape index (κ2) is 11.1. The smallest absolute Gasteiger partial charge is 0.265 e. The molecule has 2 N–H and O–H groups in total. The van der Waals surface area contributed by atoms with Gasteiger partial charge in [0.1, 0.15) is 10.7 Å². The van der Waals surface area contributed by atoms with Crippen LogP contribution < -0.4 is 14.8 Å². The lowest BCUT2D eigenvalue weighted by Crippen LogP contribution is -2.30. The highest BCUT2D eigenvalue weighted by molar-refractivity contribution is 7.92. The number of benzene rings is 3. The zero-order valence-electron chi connectivity index (χ0n) is 20.0. The quantitative estimate of drug-likeness (QED) is 0.361. The summed E-state index contributed by atoms with van der Waals surface area (Å²) in [5.41, 5.74) is 1.69. The molecule has 0 fully saturated rings. The van der Waals surface area contributed by atoms with Gasteiger partial charge in [-0.2, -0.15) is 0 Å². The Bertz CT molecular complexity index is 1330. The van der Waals surface area contributed by atoms with Crippen LogP contribution in [0.4, 0.5) is 10.1 Å². The molecule has 0 unspecified atom stereocenters. The largest absolute Gasteiger partial charge is 0.494 e. The van der Waals surface area contributed by atoms with Gasteiger partial charge in [0.05, 0.1) is 17.8 Å². The molecule has 0 spiro atoms. The summed E-state index contributed by atoms with van der Waals surface area (Å²) >= 11 is 6.28. The van der Waals surface area contributed by atoms with Gasteiger partial charge in [-0.1, -0.05) is 55.3 Å². The predicted octanol–water partition coefficient (Wildman–Crippen LogP) is 6.05. The number of anilines is 1. The molecule has 9 heteroatoms. The van der Waals surface area contributed by atoms with Crippen molar-refractivity contribution in [3.8, 4) is 16.9 Å². The number of rotatable bonds is 9. The zero-order valence-corrected chi connectivity index (χ0v) is 21.6. The third-order valence-corrected chi connectivity index (χ3v) is 6.88. The Kier molecular flexibility index (Phi) is 8.40. The molecular formula is C26H28ClFN2O4S. The van der Waals surface area contributed by atoms with Gasteiger partial charge in [-0.05, 0) is 55.7 Å². The molecule has 1 amide bonds. The van der Waals surface area contributed by atoms with Gasteiger partial charge in [0.15, 0.2) is 5.75 Å². The summed E-state index contributed by atoms with van der Waals surface area (Å²) in [6, 6.07) is 14.1. The van der Waals surface area contributed by atoms with E-state index in [2.05, 4.69) is 10.0 Å². The van der Waals surface area contributed by atoms with Crippen LogP contribution in [0.15, 0.2) is 59.5 Å². The highest BCUT2D eigenvalue weighted by atomic mass is 35.5. The Balaban J connectivity index is 2.13. The van der Waals surface area contributed by atoms with Gasteiger partial charge < -0.3 is 10.1 Å². The standard InChI is InChI=1S/C26H28ClFN2O4S/c1-5-9-18-13-22(28)20(17-10-7-6-8-11-17)15-23(18)30-35(32,33)24-14-19(26(31)29-16(2)3)12-21(27)25(24)34-4/h6-8,10-16,30H,5,9H2,1-4H3,(H,29,31). The molecule has 0 saturated heterocycles. The van der Waals surface area contributed by atoms with Gasteiger partial charge in [-0.3, -0.25) is 9.52 Å². The molecule has 3 aromatic carbocycles. The van der Waals surface area contributed by atoms with E-state index < -0.39 is 21.7 Å². The van der Waals surface area contributed by atoms with E-state index in [4.69, 9.17) is 16.3 Å². The van der Waals surface area contributed by atoms with Crippen LogP contribution in [0.5, 0.6) is 5.75 Å². The van der Waals surface area contributed by atoms with Crippen molar-refractivity contribution < 1.29 is 22.3 Å². The van der Waals surface area contributed by atoms with Crippen LogP contribution in [-0.4, -0.2) is 27.5 Å². The summed E-state index contributed by atoms with van der Waals surface area (Å²) < 4.78 is 49.9. The van der Waals surface area contributed by atoms with Crippen molar-refractivity contribution >= 4 is 33.2 Å². The Morgan fingerprint density at radius 2 is 1.80 bits per heavy atom. The number of carbonyl (C=O) groups excluding carboxylic acids is 1. The first-order valence-corrected chi connectivity index (χ1v) is 13.0. The van der Waals surface area contributed by atoms with E-state index in [9.17, 15) is 17.6 Å². The molecule has 0 aromatic heterocycles. The molecule has 0 aliphatic heterocycles. The molecule has 0 radical (unpaired) electrons. The van der Waals surface area contributed by atoms with Crippen molar-refractivity contribution in [2.75, 3.05) is 11.8 Å². The van der Waals surface area contributed by atoms with E-state index in [1.807, 2.05) is 13.0 Å². The van der Waals surface area contributed by atoms with Gasteiger partial charge in [0.25, 0.3) is 15.9 Å². The van der Waals surface area contributed by atoms with Gasteiger partial charge in [0.2, 0.25) is 0 Å². The molecular weight excluding hydrogens is 491 g/mol. The maximum Gasteiger partial charge on any atom is 0.265 e. The number of carbonyl (C=O) groups is 1. The maximum atomic E-state index is 15.0. The van der Waals surface area contributed by atoms with Crippen molar-refractivity contribution in [1.29, 1.82) is 0 Å². The fourth-order valence-electron chi connectivity index (χ4n) is 3.67. The van der Waals surface area contributed by atoms with Crippen LogP contribution in [0.25, 0.3) is 11.1 Å². The number of halogens is 2. The highest BCUT2D eigenvalue weighted by Crippen LogP contribution is 2.36. The number of hydrogen-bond acceptors (Lipinski definition) is 4. The van der Waals surface area contributed by atoms with Crippen LogP contribution in [0.2, 0.25) is 5.02 Å². The normalized spacial score (nSPS) is 11.4. The topological polar surface area (TPSA) is 84.5 Å². The first-order valence-electron chi connectivity index (χ1n) is 11.2. The lowest BCUT2D eigenvalue weighted by Gasteiger charge is -2.18. The number of sulfonamides is 1. The zero-order chi connectivity index (χ0) is 25.8. The fourth-order valence-corrected chi connectivity index (χ4v) is 5.33. The van der Waals surface area contributed by atoms with E-state index in [0.29, 0.717) is 24.0 Å². The molecule has 3 aromatic rings. The molecule has 6 nitrogen and oxygen atoms in total. The third kappa shape index (κ3) is 6.13. The Labute approximate surface area is 210 Å². The molecule has 0 atom stereocenters. The summed E-state index contributed by atoms with van der Waals surface area (Å²) in [5, 5.41) is 2.69. The van der Waals surface area contributed by atoms with Crippen LogP contribution in [0.1, 0.15) is 43.1 Å². The molecule has 0 aliphatic carbocycles. The monoisotopic (exact) mass is 518 g/mol. The molecule has 35 heavy (non-hydrogen) atoms. The minimum absolute atomic E-state index is 0.0258. The number of methoxy groups -OCH3 is 1. The van der Waals surface area contributed by atoms with Crippen LogP contribution in [0.3, 0.4) is 0 Å². The second-order valence-electron chi connectivity index (χ2n) is 8.33. The fraction of sp³-hybridized carbons (Fsp3) is 0.269. The number of amides is 1. The minimum Gasteiger partial charge on any atom is -0.494 e. The number of aryl methyl sites for hydroxylation is 1. The average Bonchev–Trinajstić information content (AvgIpc) is 2.80. The van der Waals surface area contributed by atoms with Gasteiger partial charge in [0, 0.05) is 17.2 Å². The minimum atomic E-state index is -4.28. The van der Waals surface area contributed by atoms with Crippen molar-refractivity contribution in [3.05, 3.63) is 76.6 Å². The van der Waals surface area contributed by atoms with Crippen LogP contribution >= 0.6 is 11.6 Å². The van der Waals surface area contributed by atoms with E-state index in [1.165, 1.54) is 31.4 Å². The van der Waals surface area contributed by atoms with Gasteiger partial charge in [-0.25, -0.2) is 12.8 Å². The van der Waals surface area contributed by atoms with E-state index >= 15 is 0 Å². The van der Waals surface area contributed by atoms with E-state index in [0.717, 1.165) is 0 Å². The molecule has 0 saturated carbocycles. The highest BCUT2D eigenvalue weighted by Gasteiger charge is 2.26. The van der Waals surface area contributed by atoms with Crippen molar-refractivity contribution in [3.63, 3.8) is 0 Å². The Morgan fingerprint density at radius 3 is 2.40 bits per heavy atom. The van der Waals surface area contributed by atoms with Crippen molar-refractivity contribution in [1.82, 2.24) is 5.32 Å². The molecule has 0 bridgehead atoms. The first-order chi connectivity index (χ1) is 16.6. The SMILES string of the molecule is CCCc1cc(F)c(-c2ccccc2)cc1NS(=O)(=O)c1cc(C(=O)NC(C)C)cc(Cl)c1OC. The van der Waals surface area contributed by atoms with E-state index in [-0.39, 0.29) is 38.5 Å². The molecule has 0 aliphatic rings. The summed E-state index contributed by atoms with van der Waals surface area (Å²) in [5.74, 6) is -1.01. The van der Waals surface area contributed by atoms with E-state index in [1.54, 1.807) is 38.1 Å². The Morgan fingerprint density at radius 1 is 1.11 bits per heavy atom.